The number of benzene rings is 1. The van der Waals surface area contributed by atoms with Crippen molar-refractivity contribution in [2.45, 2.75) is 6.42 Å². The Morgan fingerprint density at radius 1 is 1.16 bits per heavy atom. The molecule has 0 aromatic heterocycles. The summed E-state index contributed by atoms with van der Waals surface area (Å²) >= 11 is 0. The van der Waals surface area contributed by atoms with Gasteiger partial charge in [-0.2, -0.15) is 0 Å². The number of aromatic carboxylic acids is 1. The minimum atomic E-state index is -1.30. The van der Waals surface area contributed by atoms with Crippen molar-refractivity contribution in [2.75, 3.05) is 6.61 Å². The molecule has 0 radical (unpaired) electrons. The van der Waals surface area contributed by atoms with Gasteiger partial charge in [0.15, 0.2) is 0 Å². The molecule has 100 valence electrons. The summed E-state index contributed by atoms with van der Waals surface area (Å²) in [6.07, 6.45) is -0.0211. The van der Waals surface area contributed by atoms with E-state index in [0.717, 1.165) is 0 Å². The number of carboxylic acids is 1. The second-order valence-electron chi connectivity index (χ2n) is 3.60. The molecule has 0 aliphatic heterocycles. The van der Waals surface area contributed by atoms with Crippen molar-refractivity contribution in [1.29, 1.82) is 0 Å². The van der Waals surface area contributed by atoms with E-state index in [4.69, 9.17) is 10.2 Å². The van der Waals surface area contributed by atoms with Crippen LogP contribution in [0.5, 0.6) is 0 Å². The smallest absolute Gasteiger partial charge is 0.346 e. The third kappa shape index (κ3) is 3.75. The van der Waals surface area contributed by atoms with Crippen molar-refractivity contribution >= 4 is 17.9 Å². The maximum atomic E-state index is 11.7. The number of aliphatic hydroxyl groups is 1. The Balaban J connectivity index is 2.88. The van der Waals surface area contributed by atoms with Crippen LogP contribution >= 0.6 is 0 Å². The molecule has 1 aromatic carbocycles. The molecule has 0 bridgehead atoms. The number of carboxylic acid groups (broad SMARTS) is 1. The first kappa shape index (κ1) is 14.6. The van der Waals surface area contributed by atoms with Crippen molar-refractivity contribution in [2.24, 2.45) is 0 Å². The molecule has 0 heterocycles. The number of carbonyl (C=O) groups excluding carboxylic acids is 2. The molecule has 0 atom stereocenters. The van der Waals surface area contributed by atoms with Crippen LogP contribution < -0.4 is 0 Å². The highest BCUT2D eigenvalue weighted by atomic mass is 16.6. The topological polar surface area (TPSA) is 101 Å². The average molecular weight is 264 g/mol. The molecule has 1 aromatic rings. The Bertz CT molecular complexity index is 532. The SMILES string of the molecule is C=C(CCO)C(=O)OC(=O)c1ccccc1C(=O)O. The van der Waals surface area contributed by atoms with E-state index >= 15 is 0 Å². The molecule has 0 unspecified atom stereocenters. The van der Waals surface area contributed by atoms with E-state index < -0.39 is 17.9 Å². The van der Waals surface area contributed by atoms with Gasteiger partial charge in [-0.05, 0) is 12.1 Å². The summed E-state index contributed by atoms with van der Waals surface area (Å²) in [5.74, 6) is -3.35. The van der Waals surface area contributed by atoms with E-state index in [9.17, 15) is 14.4 Å². The number of rotatable bonds is 5. The highest BCUT2D eigenvalue weighted by Crippen LogP contribution is 2.12. The minimum absolute atomic E-state index is 0.0211. The van der Waals surface area contributed by atoms with Crippen LogP contribution in [0.4, 0.5) is 0 Å². The van der Waals surface area contributed by atoms with Gasteiger partial charge in [0.2, 0.25) is 0 Å². The predicted molar refractivity (Wildman–Crippen MR) is 64.7 cm³/mol. The van der Waals surface area contributed by atoms with Crippen LogP contribution in [0.1, 0.15) is 27.1 Å². The minimum Gasteiger partial charge on any atom is -0.478 e. The summed E-state index contributed by atoms with van der Waals surface area (Å²) in [7, 11) is 0. The van der Waals surface area contributed by atoms with Crippen LogP contribution in [-0.2, 0) is 9.53 Å². The third-order valence-electron chi connectivity index (χ3n) is 2.27. The van der Waals surface area contributed by atoms with Crippen molar-refractivity contribution in [1.82, 2.24) is 0 Å². The van der Waals surface area contributed by atoms with E-state index in [1.807, 2.05) is 0 Å². The lowest BCUT2D eigenvalue weighted by atomic mass is 10.1. The number of hydrogen-bond donors (Lipinski definition) is 2. The van der Waals surface area contributed by atoms with Crippen LogP contribution in [0, 0.1) is 0 Å². The number of hydrogen-bond acceptors (Lipinski definition) is 5. The van der Waals surface area contributed by atoms with E-state index in [2.05, 4.69) is 11.3 Å². The lowest BCUT2D eigenvalue weighted by molar-refractivity contribution is -0.133. The fourth-order valence-corrected chi connectivity index (χ4v) is 1.30. The Kier molecular flexibility index (Phi) is 4.96. The van der Waals surface area contributed by atoms with Crippen molar-refractivity contribution < 1.29 is 29.3 Å². The normalized spacial score (nSPS) is 9.74. The summed E-state index contributed by atoms with van der Waals surface area (Å²) in [6.45, 7) is 3.05. The number of aliphatic hydroxyl groups excluding tert-OH is 1. The van der Waals surface area contributed by atoms with E-state index in [1.165, 1.54) is 24.3 Å². The number of ether oxygens (including phenoxy) is 1. The monoisotopic (exact) mass is 264 g/mol. The number of esters is 2. The lowest BCUT2D eigenvalue weighted by Gasteiger charge is -2.06. The Morgan fingerprint density at radius 3 is 2.26 bits per heavy atom. The highest BCUT2D eigenvalue weighted by molar-refractivity contribution is 6.07. The van der Waals surface area contributed by atoms with Gasteiger partial charge in [0.25, 0.3) is 0 Å². The van der Waals surface area contributed by atoms with Crippen LogP contribution in [-0.4, -0.2) is 34.7 Å². The van der Waals surface area contributed by atoms with Crippen molar-refractivity contribution in [3.05, 3.63) is 47.5 Å². The Hall–Kier alpha value is -2.47. The van der Waals surface area contributed by atoms with Gasteiger partial charge in [-0.25, -0.2) is 14.4 Å². The molecule has 6 heteroatoms. The first-order chi connectivity index (χ1) is 8.97. The quantitative estimate of drug-likeness (QED) is 0.467. The summed E-state index contributed by atoms with van der Waals surface area (Å²) in [4.78, 5) is 34.0. The third-order valence-corrected chi connectivity index (χ3v) is 2.27. The molecule has 0 amide bonds. The molecule has 0 aliphatic carbocycles. The highest BCUT2D eigenvalue weighted by Gasteiger charge is 2.20. The molecule has 0 aliphatic rings. The Labute approximate surface area is 108 Å². The van der Waals surface area contributed by atoms with Gasteiger partial charge in [0.05, 0.1) is 11.1 Å². The standard InChI is InChI=1S/C13H12O6/c1-8(6-7-14)12(17)19-13(18)10-5-3-2-4-9(10)11(15)16/h2-5,14H,1,6-7H2,(H,15,16). The molecule has 0 saturated heterocycles. The largest absolute Gasteiger partial charge is 0.478 e. The second-order valence-corrected chi connectivity index (χ2v) is 3.60. The van der Waals surface area contributed by atoms with Gasteiger partial charge in [0, 0.05) is 18.6 Å². The lowest BCUT2D eigenvalue weighted by Crippen LogP contribution is -2.17. The van der Waals surface area contributed by atoms with Crippen molar-refractivity contribution in [3.63, 3.8) is 0 Å². The van der Waals surface area contributed by atoms with Gasteiger partial charge in [0.1, 0.15) is 0 Å². The fraction of sp³-hybridized carbons (Fsp3) is 0.154. The Morgan fingerprint density at radius 2 is 1.74 bits per heavy atom. The molecular formula is C13H12O6. The summed E-state index contributed by atoms with van der Waals surface area (Å²) in [5.41, 5.74) is -0.545. The number of carbonyl (C=O) groups is 3. The molecule has 2 N–H and O–H groups in total. The van der Waals surface area contributed by atoms with Crippen molar-refractivity contribution in [3.8, 4) is 0 Å². The summed E-state index contributed by atoms with van der Waals surface area (Å²) < 4.78 is 4.49. The van der Waals surface area contributed by atoms with Crippen LogP contribution in [0.25, 0.3) is 0 Å². The van der Waals surface area contributed by atoms with E-state index in [1.54, 1.807) is 0 Å². The van der Waals surface area contributed by atoms with Gasteiger partial charge >= 0.3 is 17.9 Å². The molecule has 0 fully saturated rings. The molecule has 0 spiro atoms. The van der Waals surface area contributed by atoms with Gasteiger partial charge in [-0.3, -0.25) is 0 Å². The van der Waals surface area contributed by atoms with Crippen LogP contribution in [0.3, 0.4) is 0 Å². The first-order valence-electron chi connectivity index (χ1n) is 5.34. The summed E-state index contributed by atoms with van der Waals surface area (Å²) in [5, 5.41) is 17.5. The molecule has 1 rings (SSSR count). The molecule has 19 heavy (non-hydrogen) atoms. The average Bonchev–Trinajstić information content (AvgIpc) is 2.38. The zero-order valence-corrected chi connectivity index (χ0v) is 9.96. The molecule has 6 nitrogen and oxygen atoms in total. The van der Waals surface area contributed by atoms with Gasteiger partial charge in [-0.1, -0.05) is 18.7 Å². The van der Waals surface area contributed by atoms with Crippen LogP contribution in [0.2, 0.25) is 0 Å². The van der Waals surface area contributed by atoms with Crippen LogP contribution in [0.15, 0.2) is 36.4 Å². The molecule has 0 saturated carbocycles. The maximum absolute atomic E-state index is 11.7. The summed E-state index contributed by atoms with van der Waals surface area (Å²) in [6, 6.07) is 5.38. The zero-order chi connectivity index (χ0) is 14.4. The molecular weight excluding hydrogens is 252 g/mol. The van der Waals surface area contributed by atoms with E-state index in [0.29, 0.717) is 0 Å². The van der Waals surface area contributed by atoms with E-state index in [-0.39, 0.29) is 29.7 Å². The zero-order valence-electron chi connectivity index (χ0n) is 9.96. The maximum Gasteiger partial charge on any atom is 0.346 e. The second kappa shape index (κ2) is 6.46. The van der Waals surface area contributed by atoms with Gasteiger partial charge in [-0.15, -0.1) is 0 Å². The first-order valence-corrected chi connectivity index (χ1v) is 5.34. The fourth-order valence-electron chi connectivity index (χ4n) is 1.30. The predicted octanol–water partition coefficient (Wildman–Crippen LogP) is 1.01. The van der Waals surface area contributed by atoms with Gasteiger partial charge < -0.3 is 14.9 Å².